The second kappa shape index (κ2) is 12.6. The number of nitrogens with zero attached hydrogens (tertiary/aromatic N) is 1. The number of carbonyl (C=O) groups is 2. The molecule has 2 fully saturated rings. The van der Waals surface area contributed by atoms with Crippen LogP contribution in [0, 0.1) is 11.3 Å². The van der Waals surface area contributed by atoms with Crippen molar-refractivity contribution in [2.75, 3.05) is 6.54 Å². The minimum absolute atomic E-state index is 0.0193. The molecule has 1 aliphatic heterocycles. The van der Waals surface area contributed by atoms with Gasteiger partial charge >= 0.3 is 5.97 Å². The number of rotatable bonds is 11. The van der Waals surface area contributed by atoms with E-state index in [2.05, 4.69) is 4.72 Å². The molecule has 10 heteroatoms. The summed E-state index contributed by atoms with van der Waals surface area (Å²) in [6.07, 6.45) is 1.63. The lowest BCUT2D eigenvalue weighted by Crippen LogP contribution is -2.59. The second-order valence-corrected chi connectivity index (χ2v) is 15.0. The normalized spacial score (nSPS) is 24.0. The highest BCUT2D eigenvalue weighted by Crippen LogP contribution is 2.54. The third-order valence-electron chi connectivity index (χ3n) is 8.88. The maximum atomic E-state index is 14.6. The Morgan fingerprint density at radius 1 is 1.00 bits per heavy atom. The Balaban J connectivity index is 1.59. The molecule has 1 amide bonds. The number of sulfonamides is 1. The third-order valence-corrected chi connectivity index (χ3v) is 11.1. The van der Waals surface area contributed by atoms with E-state index in [0.717, 1.165) is 24.0 Å². The molecule has 1 aliphatic carbocycles. The first-order valence-corrected chi connectivity index (χ1v) is 16.8. The number of hydrogen-bond acceptors (Lipinski definition) is 4. The van der Waals surface area contributed by atoms with Gasteiger partial charge in [0.1, 0.15) is 0 Å². The van der Waals surface area contributed by atoms with Gasteiger partial charge in [-0.05, 0) is 73.1 Å². The second-order valence-electron chi connectivity index (χ2n) is 12.1. The van der Waals surface area contributed by atoms with Crippen LogP contribution in [-0.4, -0.2) is 42.9 Å². The summed E-state index contributed by atoms with van der Waals surface area (Å²) in [7, 11) is -3.79. The quantitative estimate of drug-likeness (QED) is 0.235. The minimum Gasteiger partial charge on any atom is -0.481 e. The van der Waals surface area contributed by atoms with Crippen molar-refractivity contribution in [3.63, 3.8) is 0 Å². The molecule has 0 bridgehead atoms. The Hall–Kier alpha value is -2.91. The van der Waals surface area contributed by atoms with E-state index in [1.807, 2.05) is 36.4 Å². The highest BCUT2D eigenvalue weighted by molar-refractivity contribution is 7.89. The molecule has 1 heterocycles. The predicted octanol–water partition coefficient (Wildman–Crippen LogP) is 6.99. The zero-order valence-corrected chi connectivity index (χ0v) is 26.4. The standard InChI is InChI=1S/C33H36Cl2N2O5S/c1-21(22-7-4-3-5-8-22)43(41,42)36-20-29(23-11-12-23)37-31(24-13-15-26(34)16-14-24)28(25-9-6-10-27(35)17-25)18-33(2,32(37)40)19-30(38)39/h3-10,13-17,21,23,28-29,31,36H,11-12,18-20H2,1-2H3,(H,38,39)/t21?,28-,29-,31-,33-/m1/s1. The fraction of sp³-hybridized carbons (Fsp3) is 0.394. The molecule has 5 atom stereocenters. The molecule has 43 heavy (non-hydrogen) atoms. The molecule has 228 valence electrons. The number of nitrogens with one attached hydrogen (secondary N) is 1. The largest absolute Gasteiger partial charge is 0.481 e. The summed E-state index contributed by atoms with van der Waals surface area (Å²) in [5.74, 6) is -1.59. The fourth-order valence-corrected chi connectivity index (χ4v) is 7.94. The van der Waals surface area contributed by atoms with E-state index in [9.17, 15) is 23.1 Å². The molecule has 1 saturated carbocycles. The number of carboxylic acid groups (broad SMARTS) is 1. The van der Waals surface area contributed by atoms with Crippen molar-refractivity contribution in [3.05, 3.63) is 106 Å². The van der Waals surface area contributed by atoms with Gasteiger partial charge < -0.3 is 10.0 Å². The number of halogens is 2. The van der Waals surface area contributed by atoms with Crippen LogP contribution in [0.25, 0.3) is 0 Å². The molecular weight excluding hydrogens is 607 g/mol. The average molecular weight is 644 g/mol. The Morgan fingerprint density at radius 3 is 2.28 bits per heavy atom. The van der Waals surface area contributed by atoms with Crippen LogP contribution in [0.1, 0.15) is 73.4 Å². The number of amides is 1. The van der Waals surface area contributed by atoms with Crippen molar-refractivity contribution < 1.29 is 23.1 Å². The summed E-state index contributed by atoms with van der Waals surface area (Å²) in [5.41, 5.74) is 1.17. The number of likely N-dealkylation sites (tertiary alicyclic amines) is 1. The van der Waals surface area contributed by atoms with Crippen LogP contribution >= 0.6 is 23.2 Å². The predicted molar refractivity (Wildman–Crippen MR) is 169 cm³/mol. The van der Waals surface area contributed by atoms with Crippen molar-refractivity contribution in [2.45, 2.75) is 62.8 Å². The number of benzene rings is 3. The van der Waals surface area contributed by atoms with Crippen molar-refractivity contribution in [1.29, 1.82) is 0 Å². The molecule has 5 rings (SSSR count). The summed E-state index contributed by atoms with van der Waals surface area (Å²) in [6, 6.07) is 22.8. The average Bonchev–Trinajstić information content (AvgIpc) is 3.81. The fourth-order valence-electron chi connectivity index (χ4n) is 6.45. The van der Waals surface area contributed by atoms with Gasteiger partial charge in [0.2, 0.25) is 15.9 Å². The molecule has 3 aromatic carbocycles. The maximum absolute atomic E-state index is 14.6. The molecule has 2 N–H and O–H groups in total. The van der Waals surface area contributed by atoms with E-state index < -0.39 is 38.7 Å². The van der Waals surface area contributed by atoms with Crippen LogP contribution < -0.4 is 4.72 Å². The Morgan fingerprint density at radius 2 is 1.67 bits per heavy atom. The summed E-state index contributed by atoms with van der Waals surface area (Å²) in [4.78, 5) is 28.4. The molecule has 0 spiro atoms. The Labute approximate surface area is 263 Å². The van der Waals surface area contributed by atoms with Crippen molar-refractivity contribution in [3.8, 4) is 0 Å². The lowest BCUT2D eigenvalue weighted by atomic mass is 9.67. The molecule has 1 saturated heterocycles. The van der Waals surface area contributed by atoms with E-state index in [-0.39, 0.29) is 37.1 Å². The van der Waals surface area contributed by atoms with Gasteiger partial charge in [0, 0.05) is 28.5 Å². The van der Waals surface area contributed by atoms with Crippen LogP contribution in [-0.2, 0) is 19.6 Å². The van der Waals surface area contributed by atoms with Gasteiger partial charge in [0.25, 0.3) is 0 Å². The first kappa shape index (κ1) is 31.5. The van der Waals surface area contributed by atoms with Crippen LogP contribution in [0.2, 0.25) is 10.0 Å². The highest BCUT2D eigenvalue weighted by atomic mass is 35.5. The van der Waals surface area contributed by atoms with E-state index in [0.29, 0.717) is 15.6 Å². The van der Waals surface area contributed by atoms with Crippen molar-refractivity contribution in [1.82, 2.24) is 9.62 Å². The van der Waals surface area contributed by atoms with Gasteiger partial charge in [-0.2, -0.15) is 0 Å². The number of carboxylic acids is 1. The van der Waals surface area contributed by atoms with Crippen molar-refractivity contribution >= 4 is 45.1 Å². The Bertz CT molecular complexity index is 1580. The number of hydrogen-bond donors (Lipinski definition) is 2. The van der Waals surface area contributed by atoms with E-state index in [1.54, 1.807) is 61.2 Å². The maximum Gasteiger partial charge on any atom is 0.304 e. The zero-order chi connectivity index (χ0) is 30.9. The topological polar surface area (TPSA) is 104 Å². The molecular formula is C33H36Cl2N2O5S. The number of piperidine rings is 1. The summed E-state index contributed by atoms with van der Waals surface area (Å²) in [6.45, 7) is 3.37. The SMILES string of the molecule is CC(c1ccccc1)S(=O)(=O)NC[C@H](C1CC1)N1C(=O)[C@@](C)(CC(=O)O)C[C@H](c2cccc(Cl)c2)[C@H]1c1ccc(Cl)cc1. The minimum atomic E-state index is -3.79. The third kappa shape index (κ3) is 6.93. The van der Waals surface area contributed by atoms with Gasteiger partial charge in [-0.15, -0.1) is 0 Å². The number of aliphatic carboxylic acids is 1. The first-order chi connectivity index (χ1) is 20.4. The zero-order valence-electron chi connectivity index (χ0n) is 24.1. The highest BCUT2D eigenvalue weighted by Gasteiger charge is 2.54. The molecule has 2 aliphatic rings. The van der Waals surface area contributed by atoms with Crippen LogP contribution in [0.5, 0.6) is 0 Å². The number of carbonyl (C=O) groups excluding carboxylic acids is 1. The molecule has 7 nitrogen and oxygen atoms in total. The summed E-state index contributed by atoms with van der Waals surface area (Å²) < 4.78 is 29.8. The van der Waals surface area contributed by atoms with Gasteiger partial charge in [0.05, 0.1) is 23.1 Å². The molecule has 0 aromatic heterocycles. The monoisotopic (exact) mass is 642 g/mol. The lowest BCUT2D eigenvalue weighted by molar-refractivity contribution is -0.161. The summed E-state index contributed by atoms with van der Waals surface area (Å²) in [5, 5.41) is 10.2. The molecule has 3 aromatic rings. The Kier molecular flexibility index (Phi) is 9.23. The van der Waals surface area contributed by atoms with E-state index in [4.69, 9.17) is 23.2 Å². The van der Waals surface area contributed by atoms with Gasteiger partial charge in [-0.1, -0.05) is 84.7 Å². The van der Waals surface area contributed by atoms with Crippen LogP contribution in [0.3, 0.4) is 0 Å². The van der Waals surface area contributed by atoms with Crippen LogP contribution in [0.4, 0.5) is 0 Å². The molecule has 0 radical (unpaired) electrons. The summed E-state index contributed by atoms with van der Waals surface area (Å²) >= 11 is 12.7. The van der Waals surface area contributed by atoms with Crippen molar-refractivity contribution in [2.24, 2.45) is 11.3 Å². The van der Waals surface area contributed by atoms with Crippen LogP contribution in [0.15, 0.2) is 78.9 Å². The smallest absolute Gasteiger partial charge is 0.304 e. The van der Waals surface area contributed by atoms with Gasteiger partial charge in [0.15, 0.2) is 0 Å². The van der Waals surface area contributed by atoms with Gasteiger partial charge in [-0.25, -0.2) is 13.1 Å². The van der Waals surface area contributed by atoms with Gasteiger partial charge in [-0.3, -0.25) is 9.59 Å². The molecule has 1 unspecified atom stereocenters. The first-order valence-electron chi connectivity index (χ1n) is 14.5. The lowest BCUT2D eigenvalue weighted by Gasteiger charge is -2.52. The van der Waals surface area contributed by atoms with E-state index in [1.165, 1.54) is 0 Å². The van der Waals surface area contributed by atoms with E-state index >= 15 is 0 Å².